The molecule has 1 aliphatic rings. The Hall–Kier alpha value is -2.30. The molecule has 0 amide bonds. The molecule has 1 saturated heterocycles. The first-order chi connectivity index (χ1) is 12.3. The van der Waals surface area contributed by atoms with E-state index in [0.717, 1.165) is 36.0 Å². The minimum Gasteiger partial charge on any atom is -0.373 e. The van der Waals surface area contributed by atoms with Crippen molar-refractivity contribution in [3.63, 3.8) is 0 Å². The fourth-order valence-corrected chi connectivity index (χ4v) is 3.61. The van der Waals surface area contributed by atoms with Crippen LogP contribution in [0.1, 0.15) is 23.7 Å². The number of nitrogens with zero attached hydrogens (tertiary/aromatic N) is 1. The Bertz CT molecular complexity index is 853. The summed E-state index contributed by atoms with van der Waals surface area (Å²) in [4.78, 5) is 4.40. The first kappa shape index (κ1) is 16.2. The zero-order valence-corrected chi connectivity index (χ0v) is 14.0. The molecule has 1 aliphatic heterocycles. The summed E-state index contributed by atoms with van der Waals surface area (Å²) in [6.45, 7) is 2.23. The lowest BCUT2D eigenvalue weighted by Crippen LogP contribution is -2.24. The molecule has 2 aromatic carbocycles. The van der Waals surface area contributed by atoms with Gasteiger partial charge in [-0.1, -0.05) is 36.4 Å². The van der Waals surface area contributed by atoms with Crippen molar-refractivity contribution in [3.05, 3.63) is 77.7 Å². The average Bonchev–Trinajstić information content (AvgIpc) is 3.11. The van der Waals surface area contributed by atoms with Crippen molar-refractivity contribution in [2.45, 2.75) is 19.1 Å². The van der Waals surface area contributed by atoms with Gasteiger partial charge in [-0.3, -0.25) is 4.98 Å². The summed E-state index contributed by atoms with van der Waals surface area (Å²) >= 11 is 0. The summed E-state index contributed by atoms with van der Waals surface area (Å²) in [5.74, 6) is 0.207. The van der Waals surface area contributed by atoms with Crippen molar-refractivity contribution in [1.29, 1.82) is 0 Å². The number of halogens is 1. The molecule has 128 valence electrons. The van der Waals surface area contributed by atoms with E-state index in [1.54, 1.807) is 12.3 Å². The molecule has 25 heavy (non-hydrogen) atoms. The SMILES string of the molecule is Fc1cc(CNCC2CCOC2c2ccccc2)c2ncccc2c1. The van der Waals surface area contributed by atoms with Crippen LogP contribution in [0.5, 0.6) is 0 Å². The lowest BCUT2D eigenvalue weighted by Gasteiger charge is -2.19. The van der Waals surface area contributed by atoms with Gasteiger partial charge in [-0.15, -0.1) is 0 Å². The Kier molecular flexibility index (Phi) is 4.72. The molecule has 4 heteroatoms. The molecule has 0 spiro atoms. The predicted octanol–water partition coefficient (Wildman–Crippen LogP) is 4.24. The van der Waals surface area contributed by atoms with Gasteiger partial charge in [-0.05, 0) is 35.7 Å². The van der Waals surface area contributed by atoms with E-state index in [-0.39, 0.29) is 11.9 Å². The van der Waals surface area contributed by atoms with E-state index in [4.69, 9.17) is 4.74 Å². The maximum absolute atomic E-state index is 13.8. The van der Waals surface area contributed by atoms with Crippen molar-refractivity contribution in [1.82, 2.24) is 10.3 Å². The molecule has 3 nitrogen and oxygen atoms in total. The Balaban J connectivity index is 1.44. The van der Waals surface area contributed by atoms with Crippen LogP contribution in [0.15, 0.2) is 60.8 Å². The van der Waals surface area contributed by atoms with Gasteiger partial charge in [0.2, 0.25) is 0 Å². The molecule has 0 saturated carbocycles. The third-order valence-electron chi connectivity index (χ3n) is 4.81. The number of nitrogens with one attached hydrogen (secondary N) is 1. The number of hydrogen-bond acceptors (Lipinski definition) is 3. The monoisotopic (exact) mass is 336 g/mol. The normalized spacial score (nSPS) is 20.2. The van der Waals surface area contributed by atoms with Gasteiger partial charge in [-0.2, -0.15) is 0 Å². The van der Waals surface area contributed by atoms with E-state index in [1.807, 2.05) is 30.3 Å². The summed E-state index contributed by atoms with van der Waals surface area (Å²) in [5, 5.41) is 4.31. The topological polar surface area (TPSA) is 34.1 Å². The van der Waals surface area contributed by atoms with Crippen molar-refractivity contribution in [2.75, 3.05) is 13.2 Å². The second-order valence-electron chi connectivity index (χ2n) is 6.52. The molecule has 2 heterocycles. The third kappa shape index (κ3) is 3.55. The Morgan fingerprint density at radius 2 is 2.00 bits per heavy atom. The van der Waals surface area contributed by atoms with E-state index in [0.29, 0.717) is 12.5 Å². The lowest BCUT2D eigenvalue weighted by molar-refractivity contribution is 0.0904. The zero-order chi connectivity index (χ0) is 17.1. The van der Waals surface area contributed by atoms with Gasteiger partial charge in [0.15, 0.2) is 0 Å². The lowest BCUT2D eigenvalue weighted by atomic mass is 9.95. The van der Waals surface area contributed by atoms with E-state index in [9.17, 15) is 4.39 Å². The Labute approximate surface area is 146 Å². The molecule has 2 atom stereocenters. The summed E-state index contributed by atoms with van der Waals surface area (Å²) in [5.41, 5.74) is 2.98. The molecule has 1 N–H and O–H groups in total. The highest BCUT2D eigenvalue weighted by Crippen LogP contribution is 2.34. The van der Waals surface area contributed by atoms with Crippen LogP contribution < -0.4 is 5.32 Å². The second kappa shape index (κ2) is 7.30. The molecule has 3 aromatic rings. The number of fused-ring (bicyclic) bond motifs is 1. The maximum Gasteiger partial charge on any atom is 0.124 e. The summed E-state index contributed by atoms with van der Waals surface area (Å²) in [6.07, 6.45) is 2.92. The molecule has 0 aliphatic carbocycles. The minimum atomic E-state index is -0.219. The fraction of sp³-hybridized carbons (Fsp3) is 0.286. The number of ether oxygens (including phenoxy) is 1. The summed E-state index contributed by atoms with van der Waals surface area (Å²) < 4.78 is 19.8. The standard InChI is InChI=1S/C21H21FN2O/c22-19-11-16-7-4-9-24-20(16)18(12-19)14-23-13-17-8-10-25-21(17)15-5-2-1-3-6-15/h1-7,9,11-12,17,21,23H,8,10,13-14H2. The van der Waals surface area contributed by atoms with Gasteiger partial charge in [0, 0.05) is 37.2 Å². The highest BCUT2D eigenvalue weighted by Gasteiger charge is 2.29. The molecule has 0 bridgehead atoms. The van der Waals surface area contributed by atoms with Gasteiger partial charge >= 0.3 is 0 Å². The van der Waals surface area contributed by atoms with E-state index < -0.39 is 0 Å². The predicted molar refractivity (Wildman–Crippen MR) is 96.6 cm³/mol. The summed E-state index contributed by atoms with van der Waals surface area (Å²) in [6, 6.07) is 17.2. The van der Waals surface area contributed by atoms with Crippen molar-refractivity contribution >= 4 is 10.9 Å². The fourth-order valence-electron chi connectivity index (χ4n) is 3.61. The largest absolute Gasteiger partial charge is 0.373 e. The van der Waals surface area contributed by atoms with Crippen LogP contribution in [-0.4, -0.2) is 18.1 Å². The maximum atomic E-state index is 13.8. The molecule has 4 rings (SSSR count). The molecule has 2 unspecified atom stereocenters. The van der Waals surface area contributed by atoms with Gasteiger partial charge < -0.3 is 10.1 Å². The number of aromatic nitrogens is 1. The molecular formula is C21H21FN2O. The van der Waals surface area contributed by atoms with Crippen molar-refractivity contribution < 1.29 is 9.13 Å². The van der Waals surface area contributed by atoms with Gasteiger partial charge in [0.1, 0.15) is 5.82 Å². The highest BCUT2D eigenvalue weighted by atomic mass is 19.1. The first-order valence-corrected chi connectivity index (χ1v) is 8.72. The van der Waals surface area contributed by atoms with Crippen LogP contribution in [0.3, 0.4) is 0 Å². The van der Waals surface area contributed by atoms with Crippen LogP contribution in [-0.2, 0) is 11.3 Å². The number of benzene rings is 2. The molecule has 0 radical (unpaired) electrons. The van der Waals surface area contributed by atoms with Gasteiger partial charge in [-0.25, -0.2) is 4.39 Å². The molecular weight excluding hydrogens is 315 g/mol. The van der Waals surface area contributed by atoms with E-state index in [2.05, 4.69) is 22.4 Å². The minimum absolute atomic E-state index is 0.135. The Morgan fingerprint density at radius 3 is 2.88 bits per heavy atom. The van der Waals surface area contributed by atoms with Crippen molar-refractivity contribution in [2.24, 2.45) is 5.92 Å². The van der Waals surface area contributed by atoms with Gasteiger partial charge in [0.05, 0.1) is 11.6 Å². The first-order valence-electron chi connectivity index (χ1n) is 8.72. The number of hydrogen-bond donors (Lipinski definition) is 1. The third-order valence-corrected chi connectivity index (χ3v) is 4.81. The number of pyridine rings is 1. The molecule has 1 aromatic heterocycles. The Morgan fingerprint density at radius 1 is 1.12 bits per heavy atom. The molecule has 1 fully saturated rings. The average molecular weight is 336 g/mol. The quantitative estimate of drug-likeness (QED) is 0.757. The smallest absolute Gasteiger partial charge is 0.124 e. The second-order valence-corrected chi connectivity index (χ2v) is 6.52. The van der Waals surface area contributed by atoms with Gasteiger partial charge in [0.25, 0.3) is 0 Å². The van der Waals surface area contributed by atoms with Crippen LogP contribution in [0.4, 0.5) is 4.39 Å². The highest BCUT2D eigenvalue weighted by molar-refractivity contribution is 5.81. The van der Waals surface area contributed by atoms with Crippen LogP contribution >= 0.6 is 0 Å². The van der Waals surface area contributed by atoms with E-state index in [1.165, 1.54) is 11.6 Å². The zero-order valence-electron chi connectivity index (χ0n) is 14.0. The van der Waals surface area contributed by atoms with Crippen LogP contribution in [0, 0.1) is 11.7 Å². The number of rotatable bonds is 5. The van der Waals surface area contributed by atoms with E-state index >= 15 is 0 Å². The van der Waals surface area contributed by atoms with Crippen LogP contribution in [0.25, 0.3) is 10.9 Å². The van der Waals surface area contributed by atoms with Crippen molar-refractivity contribution in [3.8, 4) is 0 Å². The summed E-state index contributed by atoms with van der Waals surface area (Å²) in [7, 11) is 0. The van der Waals surface area contributed by atoms with Crippen LogP contribution in [0.2, 0.25) is 0 Å².